The van der Waals surface area contributed by atoms with Gasteiger partial charge in [0.15, 0.2) is 0 Å². The topological polar surface area (TPSA) is 38.8 Å². The summed E-state index contributed by atoms with van der Waals surface area (Å²) in [7, 11) is 0. The molecular formula is C29H33Cl3N4O. The molecule has 8 heteroatoms. The van der Waals surface area contributed by atoms with E-state index in [4.69, 9.17) is 34.8 Å². The van der Waals surface area contributed by atoms with Gasteiger partial charge in [0.05, 0.1) is 21.4 Å². The van der Waals surface area contributed by atoms with E-state index in [0.717, 1.165) is 47.6 Å². The van der Waals surface area contributed by atoms with Crippen molar-refractivity contribution in [2.24, 2.45) is 0 Å². The van der Waals surface area contributed by atoms with E-state index < -0.39 is 0 Å². The Morgan fingerprint density at radius 2 is 1.78 bits per heavy atom. The Morgan fingerprint density at radius 1 is 1.11 bits per heavy atom. The van der Waals surface area contributed by atoms with Gasteiger partial charge >= 0.3 is 6.03 Å². The number of halogens is 3. The van der Waals surface area contributed by atoms with Crippen molar-refractivity contribution in [3.05, 3.63) is 74.8 Å². The van der Waals surface area contributed by atoms with Crippen molar-refractivity contribution in [2.45, 2.75) is 51.7 Å². The third-order valence-electron chi connectivity index (χ3n) is 7.80. The molecule has 3 aliphatic rings. The minimum absolute atomic E-state index is 0.260. The summed E-state index contributed by atoms with van der Waals surface area (Å²) in [5.41, 5.74) is 5.15. The second-order valence-corrected chi connectivity index (χ2v) is 11.3. The minimum Gasteiger partial charge on any atom is -0.333 e. The average Bonchev–Trinajstić information content (AvgIpc) is 3.41. The van der Waals surface area contributed by atoms with Crippen LogP contribution in [-0.2, 0) is 13.1 Å². The molecule has 0 aliphatic carbocycles. The molecule has 196 valence electrons. The van der Waals surface area contributed by atoms with Crippen LogP contribution in [0, 0.1) is 0 Å². The number of benzene rings is 2. The van der Waals surface area contributed by atoms with Crippen molar-refractivity contribution < 1.29 is 4.79 Å². The van der Waals surface area contributed by atoms with Crippen molar-refractivity contribution >= 4 is 57.8 Å². The molecule has 5 nitrogen and oxygen atoms in total. The first-order valence-electron chi connectivity index (χ1n) is 13.0. The van der Waals surface area contributed by atoms with Crippen LogP contribution in [0.4, 0.5) is 16.2 Å². The van der Waals surface area contributed by atoms with Crippen molar-refractivity contribution in [1.29, 1.82) is 0 Å². The standard InChI is InChI=1S/C29H33Cl3N4O/c1-3-22(19(2)30)23-15-20(18-34-13-9-21(10-14-34)35-11-4-5-12-35)16-27-24(23)17-33-29(37)36(27)28-25(31)7-6-8-26(28)32/h3,6-8,15-16,21H,2,4-5,9-14,17-18H2,1H3,(H,33,37). The quantitative estimate of drug-likeness (QED) is 0.371. The lowest BCUT2D eigenvalue weighted by Gasteiger charge is -2.37. The van der Waals surface area contributed by atoms with Gasteiger partial charge in [-0.1, -0.05) is 53.5 Å². The SMILES string of the molecule is C=C(Cl)C(=CC)c1cc(CN2CCC(N3CCCC3)CC2)cc2c1CNC(=O)N2c1c(Cl)cccc1Cl. The number of allylic oxidation sites excluding steroid dienone is 3. The van der Waals surface area contributed by atoms with Gasteiger partial charge in [-0.3, -0.25) is 9.80 Å². The normalized spacial score (nSPS) is 19.7. The summed E-state index contributed by atoms with van der Waals surface area (Å²) >= 11 is 19.6. The molecule has 2 saturated heterocycles. The monoisotopic (exact) mass is 558 g/mol. The second-order valence-electron chi connectivity index (χ2n) is 10.1. The summed E-state index contributed by atoms with van der Waals surface area (Å²) in [5.74, 6) is 0. The Bertz CT molecular complexity index is 1210. The number of nitrogens with zero attached hydrogens (tertiary/aromatic N) is 3. The molecule has 5 rings (SSSR count). The summed E-state index contributed by atoms with van der Waals surface area (Å²) in [6, 6.07) is 10.0. The summed E-state index contributed by atoms with van der Waals surface area (Å²) in [4.78, 5) is 20.0. The van der Waals surface area contributed by atoms with Gasteiger partial charge in [0.2, 0.25) is 0 Å². The highest BCUT2D eigenvalue weighted by molar-refractivity contribution is 6.40. The molecule has 3 aliphatic heterocycles. The van der Waals surface area contributed by atoms with Gasteiger partial charge < -0.3 is 10.2 Å². The van der Waals surface area contributed by atoms with Crippen LogP contribution in [0.2, 0.25) is 10.0 Å². The number of hydrogen-bond donors (Lipinski definition) is 1. The molecule has 2 amide bonds. The van der Waals surface area contributed by atoms with Crippen molar-refractivity contribution in [2.75, 3.05) is 31.1 Å². The number of likely N-dealkylation sites (tertiary alicyclic amines) is 2. The Kier molecular flexibility index (Phi) is 8.18. The van der Waals surface area contributed by atoms with Gasteiger partial charge in [-0.15, -0.1) is 0 Å². The Hall–Kier alpha value is -2.02. The molecule has 1 N–H and O–H groups in total. The molecule has 37 heavy (non-hydrogen) atoms. The number of hydrogen-bond acceptors (Lipinski definition) is 3. The van der Waals surface area contributed by atoms with E-state index in [0.29, 0.717) is 33.4 Å². The van der Waals surface area contributed by atoms with Crippen LogP contribution in [-0.4, -0.2) is 48.1 Å². The first-order valence-corrected chi connectivity index (χ1v) is 14.2. The molecular weight excluding hydrogens is 527 g/mol. The number of rotatable bonds is 6. The Balaban J connectivity index is 1.52. The third kappa shape index (κ3) is 5.43. The number of amides is 2. The smallest absolute Gasteiger partial charge is 0.326 e. The number of fused-ring (bicyclic) bond motifs is 1. The van der Waals surface area contributed by atoms with E-state index in [-0.39, 0.29) is 6.03 Å². The predicted molar refractivity (Wildman–Crippen MR) is 155 cm³/mol. The Labute approximate surface area is 234 Å². The maximum absolute atomic E-state index is 13.2. The fourth-order valence-corrected chi connectivity index (χ4v) is 6.75. The van der Waals surface area contributed by atoms with Gasteiger partial charge in [0, 0.05) is 29.7 Å². The van der Waals surface area contributed by atoms with E-state index in [2.05, 4.69) is 33.8 Å². The lowest BCUT2D eigenvalue weighted by atomic mass is 9.92. The molecule has 3 heterocycles. The zero-order chi connectivity index (χ0) is 26.1. The highest BCUT2D eigenvalue weighted by atomic mass is 35.5. The number of carbonyl (C=O) groups excluding carboxylic acids is 1. The van der Waals surface area contributed by atoms with Gasteiger partial charge in [0.25, 0.3) is 0 Å². The maximum Gasteiger partial charge on any atom is 0.326 e. The molecule has 0 aromatic heterocycles. The zero-order valence-corrected chi connectivity index (χ0v) is 23.5. The number of anilines is 2. The minimum atomic E-state index is -0.260. The van der Waals surface area contributed by atoms with Crippen molar-refractivity contribution in [1.82, 2.24) is 15.1 Å². The number of urea groups is 1. The molecule has 0 atom stereocenters. The highest BCUT2D eigenvalue weighted by Crippen LogP contribution is 2.44. The van der Waals surface area contributed by atoms with E-state index in [1.807, 2.05) is 13.0 Å². The number of piperidine rings is 1. The lowest BCUT2D eigenvalue weighted by molar-refractivity contribution is 0.122. The van der Waals surface area contributed by atoms with E-state index >= 15 is 0 Å². The summed E-state index contributed by atoms with van der Waals surface area (Å²) in [5, 5.41) is 4.28. The second kappa shape index (κ2) is 11.4. The number of nitrogens with one attached hydrogen (secondary N) is 1. The zero-order valence-electron chi connectivity index (χ0n) is 21.2. The molecule has 0 unspecified atom stereocenters. The molecule has 0 spiro atoms. The molecule has 0 bridgehead atoms. The predicted octanol–water partition coefficient (Wildman–Crippen LogP) is 7.57. The average molecular weight is 560 g/mol. The number of carbonyl (C=O) groups is 1. The fraction of sp³-hybridized carbons (Fsp3) is 0.414. The van der Waals surface area contributed by atoms with Crippen LogP contribution in [0.15, 0.2) is 48.0 Å². The molecule has 2 aromatic rings. The van der Waals surface area contributed by atoms with Gasteiger partial charge in [-0.2, -0.15) is 0 Å². The first kappa shape index (κ1) is 26.6. The van der Waals surface area contributed by atoms with Crippen LogP contribution < -0.4 is 10.2 Å². The van der Waals surface area contributed by atoms with Crippen LogP contribution in [0.3, 0.4) is 0 Å². The molecule has 0 radical (unpaired) electrons. The summed E-state index contributed by atoms with van der Waals surface area (Å²) < 4.78 is 0. The van der Waals surface area contributed by atoms with E-state index in [1.54, 1.807) is 23.1 Å². The van der Waals surface area contributed by atoms with Gasteiger partial charge in [-0.25, -0.2) is 4.79 Å². The largest absolute Gasteiger partial charge is 0.333 e. The van der Waals surface area contributed by atoms with Crippen LogP contribution in [0.25, 0.3) is 5.57 Å². The highest BCUT2D eigenvalue weighted by Gasteiger charge is 2.32. The van der Waals surface area contributed by atoms with Crippen LogP contribution in [0.1, 0.15) is 49.3 Å². The summed E-state index contributed by atoms with van der Waals surface area (Å²) in [6.07, 6.45) is 7.02. The van der Waals surface area contributed by atoms with Crippen LogP contribution >= 0.6 is 34.8 Å². The Morgan fingerprint density at radius 3 is 2.41 bits per heavy atom. The van der Waals surface area contributed by atoms with Crippen LogP contribution in [0.5, 0.6) is 0 Å². The van der Waals surface area contributed by atoms with E-state index in [9.17, 15) is 4.79 Å². The third-order valence-corrected chi connectivity index (χ3v) is 8.61. The molecule has 2 aromatic carbocycles. The first-order chi connectivity index (χ1) is 17.9. The van der Waals surface area contributed by atoms with Gasteiger partial charge in [-0.05, 0) is 99.8 Å². The number of para-hydroxylation sites is 1. The fourth-order valence-electron chi connectivity index (χ4n) is 5.97. The maximum atomic E-state index is 13.2. The molecule has 2 fully saturated rings. The van der Waals surface area contributed by atoms with E-state index in [1.165, 1.54) is 38.8 Å². The lowest BCUT2D eigenvalue weighted by Crippen LogP contribution is -2.43. The van der Waals surface area contributed by atoms with Gasteiger partial charge in [0.1, 0.15) is 0 Å². The molecule has 0 saturated carbocycles. The van der Waals surface area contributed by atoms with Crippen molar-refractivity contribution in [3.63, 3.8) is 0 Å². The van der Waals surface area contributed by atoms with Crippen molar-refractivity contribution in [3.8, 4) is 0 Å². The summed E-state index contributed by atoms with van der Waals surface area (Å²) in [6.45, 7) is 11.7.